The van der Waals surface area contributed by atoms with Gasteiger partial charge in [0.1, 0.15) is 12.2 Å². The molecule has 10 aliphatic carbocycles. The van der Waals surface area contributed by atoms with E-state index in [2.05, 4.69) is 111 Å². The summed E-state index contributed by atoms with van der Waals surface area (Å²) in [6, 6.07) is 3.69. The maximum Gasteiger partial charge on any atom is 0.192 e. The standard InChI is InChI=1S/C37H64O3Si.C32H54O5/c1-12-41(13-2,14-3)40-31-29-28(23(4)21-25(38-29)30-33(8,9)39-30)34(10)19-20-37-22-36(37)18-17-24(5)32(6,7)26(36)15-16-27(37)35(31,34)11;1-9-36-28(5,6)25(34)19-16-18(2)23-24(37-19)26(35)30(8)21-11-10-20-27(3,4)22(33)12-13-31(20)17-32(21,31)15-14-29(23,30)7/h23-31H,12-22H2,1-11H3;18-26,33-35H,9-17H2,1-8H3/t23-,24+,25?,26+,27+,28?,29?,30-,31+,34-,35-,36?,37+;18-,19?,20+,21+,22+,23?,24?,25-,26+,29-,30-,31?,32+/m11/s1. The Kier molecular flexibility index (Phi) is 13.4. The zero-order chi connectivity index (χ0) is 56.6. The second-order valence-corrected chi connectivity index (χ2v) is 39.2. The monoisotopic (exact) mass is 1100 g/mol. The van der Waals surface area contributed by atoms with E-state index >= 15 is 0 Å². The molecule has 8 unspecified atom stereocenters. The lowest BCUT2D eigenvalue weighted by molar-refractivity contribution is -0.211. The smallest absolute Gasteiger partial charge is 0.192 e. The Morgan fingerprint density at radius 2 is 1.08 bits per heavy atom. The summed E-state index contributed by atoms with van der Waals surface area (Å²) in [6.07, 6.45) is 19.2. The normalized spacial score (nSPS) is 56.5. The molecule has 3 N–H and O–H groups in total. The minimum atomic E-state index is -1.85. The molecular formula is C69H118O8Si. The number of aliphatic hydroxyl groups is 3. The molecule has 0 aromatic heterocycles. The molecule has 8 nitrogen and oxygen atoms in total. The zero-order valence-electron chi connectivity index (χ0n) is 53.4. The van der Waals surface area contributed by atoms with E-state index in [4.69, 9.17) is 23.4 Å². The van der Waals surface area contributed by atoms with E-state index < -0.39 is 26.1 Å². The maximum atomic E-state index is 12.3. The fourth-order valence-corrected chi connectivity index (χ4v) is 29.3. The lowest BCUT2D eigenvalue weighted by atomic mass is 9.41. The van der Waals surface area contributed by atoms with Gasteiger partial charge < -0.3 is 38.7 Å². The predicted molar refractivity (Wildman–Crippen MR) is 314 cm³/mol. The minimum Gasteiger partial charge on any atom is -0.411 e. The highest BCUT2D eigenvalue weighted by molar-refractivity contribution is 6.73. The summed E-state index contributed by atoms with van der Waals surface area (Å²) in [5.74, 6) is 5.57. The van der Waals surface area contributed by atoms with E-state index in [1.54, 1.807) is 0 Å². The molecule has 0 aromatic carbocycles. The van der Waals surface area contributed by atoms with Crippen LogP contribution in [-0.2, 0) is 23.4 Å². The van der Waals surface area contributed by atoms with Crippen molar-refractivity contribution in [1.29, 1.82) is 0 Å². The van der Waals surface area contributed by atoms with E-state index in [-0.39, 0.29) is 75.4 Å². The summed E-state index contributed by atoms with van der Waals surface area (Å²) >= 11 is 0. The lowest BCUT2D eigenvalue weighted by Gasteiger charge is -2.64. The molecule has 0 amide bonds. The average Bonchev–Trinajstić information content (AvgIpc) is 2.17. The van der Waals surface area contributed by atoms with Crippen LogP contribution in [0.25, 0.3) is 0 Å². The van der Waals surface area contributed by atoms with E-state index in [0.717, 1.165) is 56.3 Å². The van der Waals surface area contributed by atoms with Crippen molar-refractivity contribution < 1.29 is 38.7 Å². The summed E-state index contributed by atoms with van der Waals surface area (Å²) in [6.45, 7) is 46.0. The van der Waals surface area contributed by atoms with Crippen molar-refractivity contribution in [3.05, 3.63) is 0 Å². The Bertz CT molecular complexity index is 2310. The van der Waals surface area contributed by atoms with E-state index in [9.17, 15) is 15.3 Å². The first-order chi connectivity index (χ1) is 36.3. The van der Waals surface area contributed by atoms with Gasteiger partial charge in [-0.1, -0.05) is 96.9 Å². The number of ether oxygens (including phenoxy) is 4. The molecule has 0 radical (unpaired) electrons. The molecule has 3 aliphatic heterocycles. The van der Waals surface area contributed by atoms with Crippen molar-refractivity contribution in [1.82, 2.24) is 0 Å². The van der Waals surface area contributed by atoms with Gasteiger partial charge in [-0.25, -0.2) is 0 Å². The van der Waals surface area contributed by atoms with E-state index in [0.29, 0.717) is 69.2 Å². The van der Waals surface area contributed by atoms with Crippen LogP contribution in [0.3, 0.4) is 0 Å². The first kappa shape index (κ1) is 58.3. The SMILES string of the molecule is CCOC(C)(C)[C@H](O)C1C[C@@H](C)C2C(O1)[C@H](O)[C@@]1(C)[C@@H]3CC[C@H]4C(C)(C)[C@@H](O)CCC45C[C@@]35CC[C@]21C.CC[Si](CC)(CC)O[C@H]1C2OC([C@H]3OC3(C)C)C[C@@H](C)C2[C@@]2(C)CC[C@@]34CC35CC[C@H](C)C(C)(C)[C@@H]5CC[C@H]4[C@]12C. The Morgan fingerprint density at radius 1 is 0.590 bits per heavy atom. The third kappa shape index (κ3) is 7.10. The number of hydrogen-bond acceptors (Lipinski definition) is 8. The van der Waals surface area contributed by atoms with Crippen LogP contribution in [0.2, 0.25) is 18.1 Å². The van der Waals surface area contributed by atoms with Crippen LogP contribution in [-0.4, -0.2) is 96.4 Å². The van der Waals surface area contributed by atoms with Crippen molar-refractivity contribution in [3.8, 4) is 0 Å². The molecule has 446 valence electrons. The molecule has 10 saturated carbocycles. The summed E-state index contributed by atoms with van der Waals surface area (Å²) in [5, 5.41) is 34.6. The summed E-state index contributed by atoms with van der Waals surface area (Å²) in [5.41, 5.74) is 1.85. The minimum absolute atomic E-state index is 0.0228. The van der Waals surface area contributed by atoms with Crippen molar-refractivity contribution >= 4 is 8.32 Å². The molecule has 13 aliphatic rings. The largest absolute Gasteiger partial charge is 0.411 e. The highest BCUT2D eigenvalue weighted by Gasteiger charge is 2.87. The van der Waals surface area contributed by atoms with Crippen LogP contribution in [0, 0.1) is 107 Å². The number of aliphatic hydroxyl groups excluding tert-OH is 3. The molecular weight excluding hydrogens is 985 g/mol. The van der Waals surface area contributed by atoms with Crippen LogP contribution in [0.1, 0.15) is 234 Å². The van der Waals surface area contributed by atoms with Gasteiger partial charge in [-0.2, -0.15) is 0 Å². The number of fused-ring (bicyclic) bond motifs is 8. The zero-order valence-corrected chi connectivity index (χ0v) is 54.4. The third-order valence-corrected chi connectivity index (χ3v) is 36.1. The first-order valence-electron chi connectivity index (χ1n) is 33.6. The Labute approximate surface area is 477 Å². The molecule has 4 spiro atoms. The van der Waals surface area contributed by atoms with Crippen molar-refractivity contribution in [2.45, 2.75) is 319 Å². The fraction of sp³-hybridized carbons (Fsp3) is 1.00. The second-order valence-electron chi connectivity index (χ2n) is 34.5. The number of hydrogen-bond donors (Lipinski definition) is 3. The molecule has 0 aromatic rings. The van der Waals surface area contributed by atoms with Gasteiger partial charge in [0.25, 0.3) is 0 Å². The molecule has 3 heterocycles. The molecule has 78 heavy (non-hydrogen) atoms. The first-order valence-corrected chi connectivity index (χ1v) is 36.1. The van der Waals surface area contributed by atoms with E-state index in [1.165, 1.54) is 82.3 Å². The van der Waals surface area contributed by atoms with Crippen LogP contribution < -0.4 is 0 Å². The highest BCUT2D eigenvalue weighted by Crippen LogP contribution is 2.91. The maximum absolute atomic E-state index is 12.3. The van der Waals surface area contributed by atoms with Crippen molar-refractivity contribution in [2.75, 3.05) is 6.61 Å². The van der Waals surface area contributed by atoms with Gasteiger partial charge in [0.05, 0.1) is 53.9 Å². The van der Waals surface area contributed by atoms with E-state index in [1.807, 2.05) is 20.8 Å². The Hall–Kier alpha value is -0.103. The number of epoxide rings is 1. The van der Waals surface area contributed by atoms with Crippen LogP contribution in [0.5, 0.6) is 0 Å². The van der Waals surface area contributed by atoms with Gasteiger partial charge in [0.15, 0.2) is 8.32 Å². The average molecular weight is 1100 g/mol. The molecule has 9 heteroatoms. The lowest BCUT2D eigenvalue weighted by Crippen LogP contribution is -2.60. The Balaban J connectivity index is 0.000000157. The van der Waals surface area contributed by atoms with Crippen molar-refractivity contribution in [3.63, 3.8) is 0 Å². The van der Waals surface area contributed by atoms with Gasteiger partial charge in [0.2, 0.25) is 0 Å². The topological polar surface area (TPSA) is 110 Å². The summed E-state index contributed by atoms with van der Waals surface area (Å²) in [4.78, 5) is 0. The van der Waals surface area contributed by atoms with Crippen molar-refractivity contribution in [2.24, 2.45) is 107 Å². The molecule has 0 bridgehead atoms. The summed E-state index contributed by atoms with van der Waals surface area (Å²) < 4.78 is 34.2. The fourth-order valence-electron chi connectivity index (χ4n) is 26.4. The van der Waals surface area contributed by atoms with Gasteiger partial charge >= 0.3 is 0 Å². The quantitative estimate of drug-likeness (QED) is 0.147. The third-order valence-electron chi connectivity index (χ3n) is 31.4. The summed E-state index contributed by atoms with van der Waals surface area (Å²) in [7, 11) is -1.85. The molecule has 13 fully saturated rings. The Morgan fingerprint density at radius 3 is 1.63 bits per heavy atom. The van der Waals surface area contributed by atoms with Crippen LogP contribution in [0.4, 0.5) is 0 Å². The molecule has 13 rings (SSSR count). The number of rotatable bonds is 10. The van der Waals surface area contributed by atoms with Gasteiger partial charge in [-0.3, -0.25) is 0 Å². The second kappa shape index (κ2) is 18.0. The predicted octanol–water partition coefficient (Wildman–Crippen LogP) is 15.0. The molecule has 3 saturated heterocycles. The van der Waals surface area contributed by atoms with Gasteiger partial charge in [0, 0.05) is 17.4 Å². The van der Waals surface area contributed by atoms with Crippen LogP contribution >= 0.6 is 0 Å². The van der Waals surface area contributed by atoms with Gasteiger partial charge in [-0.15, -0.1) is 0 Å². The highest BCUT2D eigenvalue weighted by atomic mass is 28.4. The van der Waals surface area contributed by atoms with Crippen LogP contribution in [0.15, 0.2) is 0 Å². The van der Waals surface area contributed by atoms with Gasteiger partial charge in [-0.05, 0) is 252 Å². The molecule has 26 atom stereocenters.